The lowest BCUT2D eigenvalue weighted by molar-refractivity contribution is -0.122. The fraction of sp³-hybridized carbons (Fsp3) is 0.381. The first-order valence-electron chi connectivity index (χ1n) is 9.07. The van der Waals surface area contributed by atoms with Crippen LogP contribution in [0.15, 0.2) is 41.8 Å². The maximum absolute atomic E-state index is 12.5. The van der Waals surface area contributed by atoms with E-state index in [1.54, 1.807) is 35.6 Å². The zero-order chi connectivity index (χ0) is 19.6. The van der Waals surface area contributed by atoms with E-state index < -0.39 is 0 Å². The lowest BCUT2D eigenvalue weighted by atomic mass is 9.85. The van der Waals surface area contributed by atoms with Crippen molar-refractivity contribution in [2.24, 2.45) is 5.41 Å². The van der Waals surface area contributed by atoms with Gasteiger partial charge in [0.1, 0.15) is 0 Å². The third-order valence-electron chi connectivity index (χ3n) is 4.66. The van der Waals surface area contributed by atoms with E-state index in [-0.39, 0.29) is 42.1 Å². The van der Waals surface area contributed by atoms with Crippen molar-refractivity contribution in [3.05, 3.63) is 57.8 Å². The summed E-state index contributed by atoms with van der Waals surface area (Å²) in [6.07, 6.45) is 0.712. The fourth-order valence-corrected chi connectivity index (χ4v) is 4.26. The molecule has 0 fully saturated rings. The number of nitrogens with one attached hydrogen (secondary N) is 1. The highest BCUT2D eigenvalue weighted by molar-refractivity contribution is 7.10. The minimum Gasteiger partial charge on any atom is -0.348 e. The molecule has 1 aliphatic rings. The summed E-state index contributed by atoms with van der Waals surface area (Å²) in [4.78, 5) is 39.5. The van der Waals surface area contributed by atoms with Gasteiger partial charge in [0, 0.05) is 17.8 Å². The van der Waals surface area contributed by atoms with Gasteiger partial charge in [-0.3, -0.25) is 19.3 Å². The summed E-state index contributed by atoms with van der Waals surface area (Å²) in [6.45, 7) is 6.53. The largest absolute Gasteiger partial charge is 0.348 e. The van der Waals surface area contributed by atoms with Crippen LogP contribution >= 0.6 is 11.3 Å². The van der Waals surface area contributed by atoms with Crippen LogP contribution in [0.5, 0.6) is 0 Å². The minimum absolute atomic E-state index is 0.0655. The Kier molecular flexibility index (Phi) is 5.46. The predicted octanol–water partition coefficient (Wildman–Crippen LogP) is 4.03. The Hall–Kier alpha value is -2.47. The van der Waals surface area contributed by atoms with Crippen LogP contribution in [-0.2, 0) is 4.79 Å². The first-order valence-corrected chi connectivity index (χ1v) is 9.95. The third kappa shape index (κ3) is 4.11. The van der Waals surface area contributed by atoms with E-state index >= 15 is 0 Å². The molecule has 0 saturated heterocycles. The Bertz CT molecular complexity index is 818. The molecule has 1 aromatic heterocycles. The predicted molar refractivity (Wildman–Crippen MR) is 106 cm³/mol. The van der Waals surface area contributed by atoms with Crippen molar-refractivity contribution in [1.82, 2.24) is 10.2 Å². The van der Waals surface area contributed by atoms with Crippen LogP contribution < -0.4 is 5.32 Å². The molecule has 1 aromatic carbocycles. The number of fused-ring (bicyclic) bond motifs is 1. The maximum atomic E-state index is 12.5. The summed E-state index contributed by atoms with van der Waals surface area (Å²) in [5.74, 6) is -0.621. The number of imide groups is 1. The van der Waals surface area contributed by atoms with Crippen LogP contribution in [0.2, 0.25) is 0 Å². The van der Waals surface area contributed by atoms with E-state index in [0.717, 1.165) is 4.88 Å². The van der Waals surface area contributed by atoms with Gasteiger partial charge >= 0.3 is 0 Å². The molecule has 1 N–H and O–H groups in total. The molecule has 0 bridgehead atoms. The van der Waals surface area contributed by atoms with E-state index in [1.807, 2.05) is 17.5 Å². The van der Waals surface area contributed by atoms with E-state index in [4.69, 9.17) is 0 Å². The van der Waals surface area contributed by atoms with Gasteiger partial charge in [-0.05, 0) is 35.4 Å². The first-order chi connectivity index (χ1) is 12.8. The van der Waals surface area contributed by atoms with Crippen molar-refractivity contribution in [2.75, 3.05) is 6.54 Å². The molecule has 1 aliphatic heterocycles. The van der Waals surface area contributed by atoms with E-state index in [2.05, 4.69) is 26.1 Å². The lowest BCUT2D eigenvalue weighted by Crippen LogP contribution is -2.37. The molecule has 0 aliphatic carbocycles. The zero-order valence-corrected chi connectivity index (χ0v) is 16.6. The average molecular weight is 385 g/mol. The van der Waals surface area contributed by atoms with Crippen molar-refractivity contribution in [3.8, 4) is 0 Å². The van der Waals surface area contributed by atoms with Crippen LogP contribution in [0, 0.1) is 5.41 Å². The van der Waals surface area contributed by atoms with Crippen LogP contribution in [0.4, 0.5) is 0 Å². The Labute approximate surface area is 163 Å². The van der Waals surface area contributed by atoms with Crippen molar-refractivity contribution >= 4 is 29.1 Å². The molecule has 142 valence electrons. The molecule has 2 aromatic rings. The maximum Gasteiger partial charge on any atom is 0.261 e. The summed E-state index contributed by atoms with van der Waals surface area (Å²) in [5.41, 5.74) is 0.776. The number of amides is 3. The van der Waals surface area contributed by atoms with Crippen molar-refractivity contribution in [2.45, 2.75) is 39.7 Å². The summed E-state index contributed by atoms with van der Waals surface area (Å²) >= 11 is 1.63. The number of hydrogen-bond acceptors (Lipinski definition) is 4. The quantitative estimate of drug-likeness (QED) is 0.765. The van der Waals surface area contributed by atoms with Crippen LogP contribution in [0.25, 0.3) is 0 Å². The van der Waals surface area contributed by atoms with Gasteiger partial charge in [0.05, 0.1) is 17.2 Å². The number of hydrogen-bond donors (Lipinski definition) is 1. The van der Waals surface area contributed by atoms with E-state index in [0.29, 0.717) is 17.5 Å². The number of carbonyl (C=O) groups excluding carboxylic acids is 3. The van der Waals surface area contributed by atoms with Gasteiger partial charge in [-0.25, -0.2) is 0 Å². The van der Waals surface area contributed by atoms with Crippen molar-refractivity contribution in [3.63, 3.8) is 0 Å². The number of rotatable bonds is 6. The highest BCUT2D eigenvalue weighted by Gasteiger charge is 2.34. The number of carbonyl (C=O) groups is 3. The second-order valence-corrected chi connectivity index (χ2v) is 8.77. The molecule has 0 saturated carbocycles. The molecule has 6 heteroatoms. The summed E-state index contributed by atoms with van der Waals surface area (Å²) in [5, 5.41) is 5.11. The molecule has 1 atom stereocenters. The van der Waals surface area contributed by atoms with Gasteiger partial charge in [-0.2, -0.15) is 0 Å². The van der Waals surface area contributed by atoms with Crippen molar-refractivity contribution in [1.29, 1.82) is 0 Å². The second kappa shape index (κ2) is 7.64. The van der Waals surface area contributed by atoms with Crippen LogP contribution in [-0.4, -0.2) is 29.2 Å². The normalized spacial score (nSPS) is 15.0. The molecule has 0 radical (unpaired) electrons. The Morgan fingerprint density at radius 2 is 1.70 bits per heavy atom. The second-order valence-electron chi connectivity index (χ2n) is 7.79. The van der Waals surface area contributed by atoms with Gasteiger partial charge in [0.2, 0.25) is 5.91 Å². The smallest absolute Gasteiger partial charge is 0.261 e. The van der Waals surface area contributed by atoms with Gasteiger partial charge in [-0.15, -0.1) is 11.3 Å². The van der Waals surface area contributed by atoms with Gasteiger partial charge in [0.15, 0.2) is 0 Å². The minimum atomic E-state index is -0.276. The van der Waals surface area contributed by atoms with Gasteiger partial charge < -0.3 is 5.32 Å². The first kappa shape index (κ1) is 19.3. The standard InChI is InChI=1S/C21H24N2O3S/c1-21(2,3)18(16-10-7-13-27-16)22-17(24)11-6-12-23-19(25)14-8-4-5-9-15(14)20(23)26/h4-5,7-10,13,18H,6,11-12H2,1-3H3,(H,22,24). The molecule has 1 unspecified atom stereocenters. The molecule has 2 heterocycles. The zero-order valence-electron chi connectivity index (χ0n) is 15.8. The highest BCUT2D eigenvalue weighted by Crippen LogP contribution is 2.35. The molecule has 3 amide bonds. The molecule has 5 nitrogen and oxygen atoms in total. The van der Waals surface area contributed by atoms with Gasteiger partial charge in [0.25, 0.3) is 11.8 Å². The number of nitrogens with zero attached hydrogens (tertiary/aromatic N) is 1. The summed E-state index contributed by atoms with van der Waals surface area (Å²) in [6, 6.07) is 10.8. The fourth-order valence-electron chi connectivity index (χ4n) is 3.24. The Balaban J connectivity index is 1.56. The molecular weight excluding hydrogens is 360 g/mol. The molecule has 27 heavy (non-hydrogen) atoms. The Morgan fingerprint density at radius 1 is 1.07 bits per heavy atom. The molecule has 3 rings (SSSR count). The SMILES string of the molecule is CC(C)(C)C(NC(=O)CCCN1C(=O)c2ccccc2C1=O)c1cccs1. The summed E-state index contributed by atoms with van der Waals surface area (Å²) < 4.78 is 0. The highest BCUT2D eigenvalue weighted by atomic mass is 32.1. The number of thiophene rings is 1. The molecule has 0 spiro atoms. The van der Waals surface area contributed by atoms with Gasteiger partial charge in [-0.1, -0.05) is 39.0 Å². The van der Waals surface area contributed by atoms with Crippen LogP contribution in [0.1, 0.15) is 65.2 Å². The van der Waals surface area contributed by atoms with E-state index in [9.17, 15) is 14.4 Å². The topological polar surface area (TPSA) is 66.5 Å². The third-order valence-corrected chi connectivity index (χ3v) is 5.60. The van der Waals surface area contributed by atoms with Crippen LogP contribution in [0.3, 0.4) is 0 Å². The average Bonchev–Trinajstić information content (AvgIpc) is 3.22. The lowest BCUT2D eigenvalue weighted by Gasteiger charge is -2.31. The monoisotopic (exact) mass is 384 g/mol. The van der Waals surface area contributed by atoms with Crippen molar-refractivity contribution < 1.29 is 14.4 Å². The Morgan fingerprint density at radius 3 is 2.22 bits per heavy atom. The van der Waals surface area contributed by atoms with E-state index in [1.165, 1.54) is 4.90 Å². The molecular formula is C21H24N2O3S. The summed E-state index contributed by atoms with van der Waals surface area (Å²) in [7, 11) is 0. The number of benzene rings is 1.